The van der Waals surface area contributed by atoms with Crippen LogP contribution in [0.25, 0.3) is 33.4 Å². The van der Waals surface area contributed by atoms with E-state index in [4.69, 9.17) is 9.97 Å². The molecule has 2 aliphatic rings. The highest BCUT2D eigenvalue weighted by Gasteiger charge is 2.49. The van der Waals surface area contributed by atoms with Gasteiger partial charge in [0.25, 0.3) is 0 Å². The molecule has 3 atom stereocenters. The van der Waals surface area contributed by atoms with E-state index in [1.807, 2.05) is 38.1 Å². The van der Waals surface area contributed by atoms with E-state index in [1.165, 1.54) is 6.07 Å². The monoisotopic (exact) mass is 474 g/mol. The molecule has 0 aliphatic heterocycles. The summed E-state index contributed by atoms with van der Waals surface area (Å²) in [7, 11) is 0. The van der Waals surface area contributed by atoms with Crippen molar-refractivity contribution in [1.29, 1.82) is 5.26 Å². The predicted octanol–water partition coefficient (Wildman–Crippen LogP) is 5.99. The van der Waals surface area contributed by atoms with Crippen molar-refractivity contribution in [3.8, 4) is 28.7 Å². The molecule has 36 heavy (non-hydrogen) atoms. The molecule has 5 nitrogen and oxygen atoms in total. The second kappa shape index (κ2) is 8.17. The highest BCUT2D eigenvalue weighted by molar-refractivity contribution is 6.02. The first-order chi connectivity index (χ1) is 17.4. The van der Waals surface area contributed by atoms with E-state index < -0.39 is 5.41 Å². The number of pyridine rings is 1. The van der Waals surface area contributed by atoms with E-state index in [-0.39, 0.29) is 29.0 Å². The largest absolute Gasteiger partial charge is 0.293 e. The Hall–Kier alpha value is -4.24. The minimum atomic E-state index is -0.665. The summed E-state index contributed by atoms with van der Waals surface area (Å²) in [6.45, 7) is 3.94. The van der Waals surface area contributed by atoms with Gasteiger partial charge < -0.3 is 0 Å². The van der Waals surface area contributed by atoms with Crippen molar-refractivity contribution in [2.24, 2.45) is 11.8 Å². The molecule has 0 amide bonds. The summed E-state index contributed by atoms with van der Waals surface area (Å²) in [4.78, 5) is 27.3. The molecular formula is C30H23FN4O. The first-order valence-corrected chi connectivity index (χ1v) is 12.1. The van der Waals surface area contributed by atoms with Gasteiger partial charge in [0.05, 0.1) is 17.0 Å². The zero-order valence-corrected chi connectivity index (χ0v) is 20.0. The van der Waals surface area contributed by atoms with Crippen molar-refractivity contribution < 1.29 is 9.18 Å². The molecule has 0 unspecified atom stereocenters. The summed E-state index contributed by atoms with van der Waals surface area (Å²) in [5.74, 6) is -0.346. The minimum Gasteiger partial charge on any atom is -0.293 e. The molecule has 6 heteroatoms. The van der Waals surface area contributed by atoms with Crippen LogP contribution >= 0.6 is 0 Å². The van der Waals surface area contributed by atoms with Gasteiger partial charge in [-0.2, -0.15) is 5.26 Å². The summed E-state index contributed by atoms with van der Waals surface area (Å²) < 4.78 is 15.1. The Labute approximate surface area is 208 Å². The van der Waals surface area contributed by atoms with Crippen LogP contribution in [0.2, 0.25) is 0 Å². The van der Waals surface area contributed by atoms with Gasteiger partial charge in [-0.1, -0.05) is 56.3 Å². The number of nitriles is 1. The topological polar surface area (TPSA) is 79.5 Å². The van der Waals surface area contributed by atoms with E-state index >= 15 is 4.39 Å². The SMILES string of the molecule is C[C@H]1C(=O)C(C#N)=C[C@@]2(C)c3nc(-c4cncc5ccccc45)nc(-c4ccccc4F)c3CC[C@H]12. The van der Waals surface area contributed by atoms with Gasteiger partial charge in [-0.05, 0) is 36.3 Å². The molecule has 4 aromatic rings. The van der Waals surface area contributed by atoms with Crippen LogP contribution in [0.4, 0.5) is 4.39 Å². The highest BCUT2D eigenvalue weighted by atomic mass is 19.1. The van der Waals surface area contributed by atoms with Crippen molar-refractivity contribution in [2.45, 2.75) is 32.1 Å². The lowest BCUT2D eigenvalue weighted by Gasteiger charge is -2.45. The average Bonchev–Trinajstić information content (AvgIpc) is 2.90. The number of nitrogens with zero attached hydrogens (tertiary/aromatic N) is 4. The number of fused-ring (bicyclic) bond motifs is 4. The molecule has 6 rings (SSSR count). The number of allylic oxidation sites excluding steroid dienone is 2. The number of hydrogen-bond acceptors (Lipinski definition) is 5. The number of carbonyl (C=O) groups excluding carboxylic acids is 1. The van der Waals surface area contributed by atoms with Gasteiger partial charge in [0, 0.05) is 45.8 Å². The molecule has 2 aliphatic carbocycles. The van der Waals surface area contributed by atoms with Crippen LogP contribution in [-0.4, -0.2) is 20.7 Å². The Morgan fingerprint density at radius 1 is 1.06 bits per heavy atom. The summed E-state index contributed by atoms with van der Waals surface area (Å²) in [6.07, 6.45) is 6.66. The third kappa shape index (κ3) is 3.20. The first-order valence-electron chi connectivity index (χ1n) is 12.1. The number of aromatic nitrogens is 3. The number of Topliss-reactive ketones (excluding diaryl/α,β-unsaturated/α-hetero) is 1. The lowest BCUT2D eigenvalue weighted by Crippen LogP contribution is -2.46. The lowest BCUT2D eigenvalue weighted by atomic mass is 9.57. The van der Waals surface area contributed by atoms with E-state index in [9.17, 15) is 10.1 Å². The van der Waals surface area contributed by atoms with Gasteiger partial charge in [-0.15, -0.1) is 0 Å². The van der Waals surface area contributed by atoms with Crippen molar-refractivity contribution in [3.05, 3.63) is 89.6 Å². The van der Waals surface area contributed by atoms with Gasteiger partial charge in [0.15, 0.2) is 11.6 Å². The molecule has 0 N–H and O–H groups in total. The van der Waals surface area contributed by atoms with E-state index in [1.54, 1.807) is 36.7 Å². The molecule has 176 valence electrons. The van der Waals surface area contributed by atoms with E-state index in [0.717, 1.165) is 34.0 Å². The second-order valence-corrected chi connectivity index (χ2v) is 9.86. The molecule has 0 fully saturated rings. The number of benzene rings is 2. The van der Waals surface area contributed by atoms with Crippen LogP contribution < -0.4 is 0 Å². The maximum atomic E-state index is 15.1. The maximum Gasteiger partial charge on any atom is 0.176 e. The van der Waals surface area contributed by atoms with Gasteiger partial charge in [0.1, 0.15) is 11.9 Å². The number of ketones is 1. The summed E-state index contributed by atoms with van der Waals surface area (Å²) in [6, 6.07) is 16.6. The van der Waals surface area contributed by atoms with Gasteiger partial charge >= 0.3 is 0 Å². The number of carbonyl (C=O) groups is 1. The fourth-order valence-electron chi connectivity index (χ4n) is 6.06. The molecule has 0 radical (unpaired) electrons. The van der Waals surface area contributed by atoms with Crippen LogP contribution in [0, 0.1) is 29.0 Å². The summed E-state index contributed by atoms with van der Waals surface area (Å²) >= 11 is 0. The van der Waals surface area contributed by atoms with Crippen molar-refractivity contribution in [1.82, 2.24) is 15.0 Å². The zero-order chi connectivity index (χ0) is 25.0. The van der Waals surface area contributed by atoms with E-state index in [2.05, 4.69) is 11.1 Å². The fourth-order valence-corrected chi connectivity index (χ4v) is 6.06. The Bertz CT molecular complexity index is 1630. The number of halogens is 1. The van der Waals surface area contributed by atoms with E-state index in [0.29, 0.717) is 23.5 Å². The zero-order valence-electron chi connectivity index (χ0n) is 20.0. The number of rotatable bonds is 2. The Balaban J connectivity index is 1.70. The molecule has 2 heterocycles. The van der Waals surface area contributed by atoms with Crippen LogP contribution in [-0.2, 0) is 16.6 Å². The van der Waals surface area contributed by atoms with Crippen LogP contribution in [0.3, 0.4) is 0 Å². The van der Waals surface area contributed by atoms with Crippen LogP contribution in [0.15, 0.2) is 72.6 Å². The Kier molecular flexibility index (Phi) is 5.04. The standard InChI is InChI=1S/C30H23FN4O/c1-17-24-12-11-22-26(21-9-5-6-10-25(21)31)34-29(23-16-33-15-18-7-3-4-8-20(18)23)35-28(22)30(24,2)13-19(14-32)27(17)36/h3-10,13,15-17,24H,11-12H2,1-2H3/t17-,24-,30-/m1/s1. The predicted molar refractivity (Wildman–Crippen MR) is 135 cm³/mol. The second-order valence-electron chi connectivity index (χ2n) is 9.86. The molecule has 0 saturated heterocycles. The maximum absolute atomic E-state index is 15.1. The Morgan fingerprint density at radius 2 is 1.83 bits per heavy atom. The minimum absolute atomic E-state index is 0.0172. The summed E-state index contributed by atoms with van der Waals surface area (Å²) in [5.41, 5.74) is 2.83. The number of hydrogen-bond donors (Lipinski definition) is 0. The van der Waals surface area contributed by atoms with Gasteiger partial charge in [-0.25, -0.2) is 14.4 Å². The molecular weight excluding hydrogens is 451 g/mol. The molecule has 0 bridgehead atoms. The lowest BCUT2D eigenvalue weighted by molar-refractivity contribution is -0.121. The van der Waals surface area contributed by atoms with Gasteiger partial charge in [-0.3, -0.25) is 9.78 Å². The van der Waals surface area contributed by atoms with Crippen LogP contribution in [0.5, 0.6) is 0 Å². The van der Waals surface area contributed by atoms with Gasteiger partial charge in [0.2, 0.25) is 0 Å². The Morgan fingerprint density at radius 3 is 2.64 bits per heavy atom. The van der Waals surface area contributed by atoms with Crippen LogP contribution in [0.1, 0.15) is 31.5 Å². The van der Waals surface area contributed by atoms with Crippen molar-refractivity contribution in [2.75, 3.05) is 0 Å². The normalized spacial score (nSPS) is 22.9. The molecule has 2 aromatic carbocycles. The summed E-state index contributed by atoms with van der Waals surface area (Å²) in [5, 5.41) is 11.6. The quantitative estimate of drug-likeness (QED) is 0.357. The third-order valence-corrected chi connectivity index (χ3v) is 7.88. The highest BCUT2D eigenvalue weighted by Crippen LogP contribution is 2.51. The third-order valence-electron chi connectivity index (χ3n) is 7.88. The van der Waals surface area contributed by atoms with Crippen molar-refractivity contribution >= 4 is 16.6 Å². The first kappa shape index (κ1) is 22.2. The molecule has 0 spiro atoms. The molecule has 0 saturated carbocycles. The smallest absolute Gasteiger partial charge is 0.176 e. The molecule has 2 aromatic heterocycles. The average molecular weight is 475 g/mol. The van der Waals surface area contributed by atoms with Crippen molar-refractivity contribution in [3.63, 3.8) is 0 Å². The fraction of sp³-hybridized carbons (Fsp3) is 0.233.